The molecule has 0 spiro atoms. The molecule has 172 valence electrons. The summed E-state index contributed by atoms with van der Waals surface area (Å²) >= 11 is 0. The number of methoxy groups -OCH3 is 1. The van der Waals surface area contributed by atoms with E-state index in [4.69, 9.17) is 9.47 Å². The summed E-state index contributed by atoms with van der Waals surface area (Å²) in [6.45, 7) is 1.84. The maximum absolute atomic E-state index is 13.1. The Hall–Kier alpha value is -3.06. The number of alkyl halides is 3. The summed E-state index contributed by atoms with van der Waals surface area (Å²) in [6.07, 6.45) is 0.0932. The van der Waals surface area contributed by atoms with Crippen molar-refractivity contribution >= 4 is 17.0 Å². The van der Waals surface area contributed by atoms with Gasteiger partial charge in [0.05, 0.1) is 33.2 Å². The summed E-state index contributed by atoms with van der Waals surface area (Å²) < 4.78 is 50.6. The van der Waals surface area contributed by atoms with E-state index < -0.39 is 12.7 Å². The lowest BCUT2D eigenvalue weighted by Gasteiger charge is -2.28. The highest BCUT2D eigenvalue weighted by molar-refractivity contribution is 5.83. The largest absolute Gasteiger partial charge is 0.467 e. The minimum absolute atomic E-state index is 0.162. The normalized spacial score (nSPS) is 15.0. The highest BCUT2D eigenvalue weighted by atomic mass is 19.4. The van der Waals surface area contributed by atoms with E-state index in [1.807, 2.05) is 16.8 Å². The Morgan fingerprint density at radius 2 is 1.81 bits per heavy atom. The molecule has 32 heavy (non-hydrogen) atoms. The summed E-state index contributed by atoms with van der Waals surface area (Å²) in [6, 6.07) is 0.276. The molecule has 0 amide bonds. The first kappa shape index (κ1) is 22.1. The molecule has 0 aromatic carbocycles. The van der Waals surface area contributed by atoms with Crippen molar-refractivity contribution in [1.82, 2.24) is 34.4 Å². The molecule has 0 unspecified atom stereocenters. The third kappa shape index (κ3) is 5.22. The van der Waals surface area contributed by atoms with E-state index in [2.05, 4.69) is 24.9 Å². The Labute approximate surface area is 182 Å². The SMILES string of the molecule is COc1ncc(CN(C)Cc2nc(N3CCOCC3)c3ncn(CC(F)(F)F)c3n2)cn1. The third-order valence-corrected chi connectivity index (χ3v) is 4.88. The number of hydrogen-bond acceptors (Lipinski definition) is 9. The second-order valence-corrected chi connectivity index (χ2v) is 7.47. The Bertz CT molecular complexity index is 1050. The van der Waals surface area contributed by atoms with Crippen LogP contribution < -0.4 is 9.64 Å². The number of hydrogen-bond donors (Lipinski definition) is 0. The number of rotatable bonds is 7. The number of imidazole rings is 1. The molecule has 4 heterocycles. The molecule has 0 bridgehead atoms. The number of nitrogens with zero attached hydrogens (tertiary/aromatic N) is 8. The van der Waals surface area contributed by atoms with E-state index in [9.17, 15) is 13.2 Å². The monoisotopic (exact) mass is 452 g/mol. The zero-order chi connectivity index (χ0) is 22.7. The molecule has 1 fully saturated rings. The van der Waals surface area contributed by atoms with Crippen LogP contribution in [0.5, 0.6) is 6.01 Å². The van der Waals surface area contributed by atoms with Gasteiger partial charge in [0.2, 0.25) is 0 Å². The summed E-state index contributed by atoms with van der Waals surface area (Å²) in [7, 11) is 3.35. The van der Waals surface area contributed by atoms with Gasteiger partial charge >= 0.3 is 12.2 Å². The molecular formula is C19H23F3N8O2. The second-order valence-electron chi connectivity index (χ2n) is 7.47. The lowest BCUT2D eigenvalue weighted by atomic mass is 10.3. The first-order valence-electron chi connectivity index (χ1n) is 9.97. The van der Waals surface area contributed by atoms with Crippen molar-refractivity contribution in [3.63, 3.8) is 0 Å². The summed E-state index contributed by atoms with van der Waals surface area (Å²) in [5.41, 5.74) is 1.37. The summed E-state index contributed by atoms with van der Waals surface area (Å²) in [4.78, 5) is 25.3. The van der Waals surface area contributed by atoms with Gasteiger partial charge in [-0.05, 0) is 7.05 Å². The van der Waals surface area contributed by atoms with Gasteiger partial charge in [-0.3, -0.25) is 4.90 Å². The van der Waals surface area contributed by atoms with Gasteiger partial charge in [-0.25, -0.2) is 24.9 Å². The van der Waals surface area contributed by atoms with Gasteiger partial charge in [0.1, 0.15) is 12.4 Å². The van der Waals surface area contributed by atoms with Crippen LogP contribution in [0.2, 0.25) is 0 Å². The first-order valence-corrected chi connectivity index (χ1v) is 9.97. The molecule has 0 aliphatic carbocycles. The average molecular weight is 452 g/mol. The molecule has 3 aromatic heterocycles. The standard InChI is InChI=1S/C19H23F3N8O2/c1-28(9-13-7-23-18(31-2)24-8-13)10-14-26-16(29-3-5-32-6-4-29)15-17(27-14)30(12-25-15)11-19(20,21)22/h7-8,12H,3-6,9-11H2,1-2H3. The number of anilines is 1. The van der Waals surface area contributed by atoms with Crippen molar-refractivity contribution in [2.24, 2.45) is 0 Å². The molecule has 3 aromatic rings. The fourth-order valence-corrected chi connectivity index (χ4v) is 3.49. The van der Waals surface area contributed by atoms with E-state index >= 15 is 0 Å². The Balaban J connectivity index is 1.62. The van der Waals surface area contributed by atoms with Crippen LogP contribution in [-0.4, -0.2) is 81.0 Å². The van der Waals surface area contributed by atoms with Crippen molar-refractivity contribution < 1.29 is 22.6 Å². The van der Waals surface area contributed by atoms with Gasteiger partial charge in [-0.2, -0.15) is 13.2 Å². The van der Waals surface area contributed by atoms with Crippen LogP contribution in [0.3, 0.4) is 0 Å². The molecule has 4 rings (SSSR count). The van der Waals surface area contributed by atoms with Crippen LogP contribution in [0, 0.1) is 0 Å². The van der Waals surface area contributed by atoms with Crippen molar-refractivity contribution in [1.29, 1.82) is 0 Å². The second kappa shape index (κ2) is 9.20. The molecule has 0 radical (unpaired) electrons. The maximum Gasteiger partial charge on any atom is 0.406 e. The molecule has 1 aliphatic heterocycles. The lowest BCUT2D eigenvalue weighted by molar-refractivity contribution is -0.140. The van der Waals surface area contributed by atoms with Crippen molar-refractivity contribution in [3.8, 4) is 6.01 Å². The Kier molecular flexibility index (Phi) is 6.37. The molecule has 10 nitrogen and oxygen atoms in total. The highest BCUT2D eigenvalue weighted by Gasteiger charge is 2.30. The van der Waals surface area contributed by atoms with Crippen molar-refractivity contribution in [2.45, 2.75) is 25.8 Å². The lowest BCUT2D eigenvalue weighted by Crippen LogP contribution is -2.37. The molecule has 0 saturated carbocycles. The molecule has 1 saturated heterocycles. The van der Waals surface area contributed by atoms with Gasteiger partial charge in [0, 0.05) is 37.6 Å². The minimum Gasteiger partial charge on any atom is -0.467 e. The molecule has 1 aliphatic rings. The third-order valence-electron chi connectivity index (χ3n) is 4.88. The van der Waals surface area contributed by atoms with Crippen molar-refractivity contribution in [2.75, 3.05) is 45.4 Å². The summed E-state index contributed by atoms with van der Waals surface area (Å²) in [5.74, 6) is 0.926. The van der Waals surface area contributed by atoms with Gasteiger partial charge < -0.3 is 18.9 Å². The van der Waals surface area contributed by atoms with E-state index in [0.717, 1.165) is 10.1 Å². The average Bonchev–Trinajstić information content (AvgIpc) is 3.15. The van der Waals surface area contributed by atoms with Gasteiger partial charge in [-0.1, -0.05) is 0 Å². The van der Waals surface area contributed by atoms with Gasteiger partial charge in [0.25, 0.3) is 0 Å². The molecule has 0 N–H and O–H groups in total. The number of aromatic nitrogens is 6. The molecule has 0 atom stereocenters. The van der Waals surface area contributed by atoms with Crippen LogP contribution in [0.15, 0.2) is 18.7 Å². The van der Waals surface area contributed by atoms with Crippen LogP contribution in [0.25, 0.3) is 11.2 Å². The van der Waals surface area contributed by atoms with E-state index in [-0.39, 0.29) is 11.7 Å². The molecule has 13 heteroatoms. The fraction of sp³-hybridized carbons (Fsp3) is 0.526. The zero-order valence-corrected chi connectivity index (χ0v) is 17.7. The quantitative estimate of drug-likeness (QED) is 0.530. The zero-order valence-electron chi connectivity index (χ0n) is 17.7. The van der Waals surface area contributed by atoms with Crippen LogP contribution in [-0.2, 0) is 24.4 Å². The molecular weight excluding hydrogens is 429 g/mol. The Morgan fingerprint density at radius 3 is 2.47 bits per heavy atom. The predicted molar refractivity (Wildman–Crippen MR) is 108 cm³/mol. The maximum atomic E-state index is 13.1. The summed E-state index contributed by atoms with van der Waals surface area (Å²) in [5, 5.41) is 0. The van der Waals surface area contributed by atoms with Crippen molar-refractivity contribution in [3.05, 3.63) is 30.1 Å². The smallest absolute Gasteiger partial charge is 0.406 e. The van der Waals surface area contributed by atoms with Crippen LogP contribution in [0.4, 0.5) is 19.0 Å². The number of morpholine rings is 1. The van der Waals surface area contributed by atoms with E-state index in [1.165, 1.54) is 13.4 Å². The predicted octanol–water partition coefficient (Wildman–Crippen LogP) is 1.66. The van der Waals surface area contributed by atoms with Crippen LogP contribution >= 0.6 is 0 Å². The number of fused-ring (bicyclic) bond motifs is 1. The van der Waals surface area contributed by atoms with Gasteiger partial charge in [0.15, 0.2) is 17.0 Å². The number of halogens is 3. The fourth-order valence-electron chi connectivity index (χ4n) is 3.49. The minimum atomic E-state index is -4.39. The topological polar surface area (TPSA) is 94.3 Å². The van der Waals surface area contributed by atoms with E-state index in [1.54, 1.807) is 12.4 Å². The van der Waals surface area contributed by atoms with Gasteiger partial charge in [-0.15, -0.1) is 0 Å². The highest BCUT2D eigenvalue weighted by Crippen LogP contribution is 2.26. The van der Waals surface area contributed by atoms with E-state index in [0.29, 0.717) is 56.6 Å². The number of ether oxygens (including phenoxy) is 2. The Morgan fingerprint density at radius 1 is 1.09 bits per heavy atom. The first-order chi connectivity index (χ1) is 15.3. The van der Waals surface area contributed by atoms with Crippen LogP contribution in [0.1, 0.15) is 11.4 Å².